The van der Waals surface area contributed by atoms with Gasteiger partial charge in [-0.3, -0.25) is 14.9 Å². The summed E-state index contributed by atoms with van der Waals surface area (Å²) in [5, 5.41) is 18.3. The van der Waals surface area contributed by atoms with E-state index in [2.05, 4.69) is 5.32 Å². The highest BCUT2D eigenvalue weighted by Crippen LogP contribution is 2.03. The lowest BCUT2D eigenvalue weighted by molar-refractivity contribution is -0.129. The van der Waals surface area contributed by atoms with Crippen molar-refractivity contribution in [1.29, 1.82) is 0 Å². The van der Waals surface area contributed by atoms with Crippen LogP contribution in [0.4, 0.5) is 0 Å². The lowest BCUT2D eigenvalue weighted by Crippen LogP contribution is -2.27. The van der Waals surface area contributed by atoms with Crippen molar-refractivity contribution in [2.45, 2.75) is 38.7 Å². The van der Waals surface area contributed by atoms with E-state index in [4.69, 9.17) is 10.2 Å². The Hall–Kier alpha value is -0.940. The molecule has 0 aromatic rings. The summed E-state index contributed by atoms with van der Waals surface area (Å²) in [7, 11) is 0. The van der Waals surface area contributed by atoms with Gasteiger partial charge in [0.05, 0.1) is 12.7 Å². The van der Waals surface area contributed by atoms with Crippen molar-refractivity contribution >= 4 is 11.8 Å². The number of nitrogens with one attached hydrogen (secondary N) is 1. The quantitative estimate of drug-likeness (QED) is 0.504. The van der Waals surface area contributed by atoms with Gasteiger partial charge in [-0.05, 0) is 19.8 Å². The summed E-state index contributed by atoms with van der Waals surface area (Å²) in [6, 6.07) is 0. The number of rotatable bonds is 1. The van der Waals surface area contributed by atoms with E-state index in [9.17, 15) is 9.59 Å². The molecule has 1 heterocycles. The number of hydrogen-bond acceptors (Lipinski definition) is 4. The van der Waals surface area contributed by atoms with Gasteiger partial charge in [-0.15, -0.1) is 0 Å². The van der Waals surface area contributed by atoms with Gasteiger partial charge >= 0.3 is 0 Å². The number of aliphatic hydroxyl groups excluding tert-OH is 2. The van der Waals surface area contributed by atoms with Crippen LogP contribution in [-0.2, 0) is 9.59 Å². The van der Waals surface area contributed by atoms with Crippen LogP contribution >= 0.6 is 0 Å². The smallest absolute Gasteiger partial charge is 0.226 e. The molecule has 0 aliphatic carbocycles. The van der Waals surface area contributed by atoms with E-state index >= 15 is 0 Å². The van der Waals surface area contributed by atoms with Crippen LogP contribution in [0.5, 0.6) is 0 Å². The number of amides is 2. The third-order valence-corrected chi connectivity index (χ3v) is 1.60. The number of hydrogen-bond donors (Lipinski definition) is 3. The molecule has 1 atom stereocenters. The van der Waals surface area contributed by atoms with E-state index in [0.717, 1.165) is 12.8 Å². The summed E-state index contributed by atoms with van der Waals surface area (Å²) in [6.45, 7) is 1.39. The van der Waals surface area contributed by atoms with Crippen LogP contribution in [0, 0.1) is 0 Å². The molecule has 14 heavy (non-hydrogen) atoms. The fraction of sp³-hybridized carbons (Fsp3) is 0.778. The Morgan fingerprint density at radius 1 is 1.29 bits per heavy atom. The topological polar surface area (TPSA) is 86.6 Å². The molecule has 1 unspecified atom stereocenters. The molecule has 1 fully saturated rings. The average Bonchev–Trinajstić information content (AvgIpc) is 2.30. The highest BCUT2D eigenvalue weighted by molar-refractivity contribution is 5.95. The van der Waals surface area contributed by atoms with Gasteiger partial charge in [-0.25, -0.2) is 0 Å². The van der Waals surface area contributed by atoms with E-state index in [-0.39, 0.29) is 18.4 Å². The maximum absolute atomic E-state index is 10.6. The minimum atomic E-state index is -0.560. The molecule has 1 aliphatic heterocycles. The van der Waals surface area contributed by atoms with Crippen LogP contribution in [0.1, 0.15) is 32.6 Å². The average molecular weight is 203 g/mol. The molecule has 0 saturated carbocycles. The predicted octanol–water partition coefficient (Wildman–Crippen LogP) is -0.437. The molecular formula is C9H17NO4. The van der Waals surface area contributed by atoms with Gasteiger partial charge in [0, 0.05) is 12.8 Å². The SMILES string of the molecule is CC(O)CO.O=C1CCCCC(=O)N1. The molecule has 1 aliphatic rings. The van der Waals surface area contributed by atoms with Crippen LogP contribution in [0.25, 0.3) is 0 Å². The number of imide groups is 1. The normalized spacial score (nSPS) is 18.8. The lowest BCUT2D eigenvalue weighted by Gasteiger charge is -1.93. The van der Waals surface area contributed by atoms with Crippen molar-refractivity contribution < 1.29 is 19.8 Å². The summed E-state index contributed by atoms with van der Waals surface area (Å²) in [5.41, 5.74) is 0. The summed E-state index contributed by atoms with van der Waals surface area (Å²) in [4.78, 5) is 21.1. The highest BCUT2D eigenvalue weighted by atomic mass is 16.3. The predicted molar refractivity (Wildman–Crippen MR) is 50.4 cm³/mol. The summed E-state index contributed by atoms with van der Waals surface area (Å²) >= 11 is 0. The summed E-state index contributed by atoms with van der Waals surface area (Å²) in [5.74, 6) is -0.255. The van der Waals surface area contributed by atoms with Crippen molar-refractivity contribution in [2.24, 2.45) is 0 Å². The largest absolute Gasteiger partial charge is 0.394 e. The van der Waals surface area contributed by atoms with Crippen molar-refractivity contribution in [3.8, 4) is 0 Å². The molecule has 3 N–H and O–H groups in total. The fourth-order valence-corrected chi connectivity index (χ4v) is 0.852. The molecule has 5 heteroatoms. The number of carbonyl (C=O) groups excluding carboxylic acids is 2. The van der Waals surface area contributed by atoms with Crippen molar-refractivity contribution in [3.05, 3.63) is 0 Å². The molecule has 0 radical (unpaired) electrons. The molecule has 0 bridgehead atoms. The standard InChI is InChI=1S/C6H9NO2.C3H8O2/c8-5-3-1-2-4-6(9)7-5;1-3(5)2-4/h1-4H2,(H,7,8,9);3-5H,2H2,1H3. The molecule has 2 amide bonds. The van der Waals surface area contributed by atoms with Crippen LogP contribution in [0.2, 0.25) is 0 Å². The summed E-state index contributed by atoms with van der Waals surface area (Å²) < 4.78 is 0. The minimum Gasteiger partial charge on any atom is -0.394 e. The molecule has 1 rings (SSSR count). The van der Waals surface area contributed by atoms with E-state index in [1.54, 1.807) is 0 Å². The zero-order chi connectivity index (χ0) is 11.0. The zero-order valence-corrected chi connectivity index (χ0v) is 8.32. The third-order valence-electron chi connectivity index (χ3n) is 1.60. The maximum Gasteiger partial charge on any atom is 0.226 e. The second-order valence-electron chi connectivity index (χ2n) is 3.21. The van der Waals surface area contributed by atoms with Crippen molar-refractivity contribution in [2.75, 3.05) is 6.61 Å². The molecule has 0 aromatic carbocycles. The maximum atomic E-state index is 10.6. The van der Waals surface area contributed by atoms with Gasteiger partial charge in [0.15, 0.2) is 0 Å². The monoisotopic (exact) mass is 203 g/mol. The molecule has 82 valence electrons. The van der Waals surface area contributed by atoms with E-state index in [1.807, 2.05) is 0 Å². The fourth-order valence-electron chi connectivity index (χ4n) is 0.852. The first-order valence-corrected chi connectivity index (χ1v) is 4.68. The molecular weight excluding hydrogens is 186 g/mol. The van der Waals surface area contributed by atoms with Crippen LogP contribution in [-0.4, -0.2) is 34.7 Å². The first-order valence-electron chi connectivity index (χ1n) is 4.68. The van der Waals surface area contributed by atoms with Gasteiger partial charge in [0.1, 0.15) is 0 Å². The third kappa shape index (κ3) is 7.70. The second-order valence-corrected chi connectivity index (χ2v) is 3.21. The van der Waals surface area contributed by atoms with Gasteiger partial charge in [0.25, 0.3) is 0 Å². The van der Waals surface area contributed by atoms with Gasteiger partial charge in [-0.1, -0.05) is 0 Å². The number of aliphatic hydroxyl groups is 2. The van der Waals surface area contributed by atoms with Crippen LogP contribution in [0.15, 0.2) is 0 Å². The molecule has 5 nitrogen and oxygen atoms in total. The number of carbonyl (C=O) groups is 2. The molecule has 1 saturated heterocycles. The molecule has 0 aromatic heterocycles. The molecule has 0 spiro atoms. The first-order chi connectivity index (χ1) is 6.56. The van der Waals surface area contributed by atoms with Gasteiger partial charge < -0.3 is 10.2 Å². The Morgan fingerprint density at radius 2 is 1.64 bits per heavy atom. The van der Waals surface area contributed by atoms with Crippen molar-refractivity contribution in [1.82, 2.24) is 5.32 Å². The Kier molecular flexibility index (Phi) is 6.96. The Bertz CT molecular complexity index is 175. The van der Waals surface area contributed by atoms with Crippen LogP contribution < -0.4 is 5.32 Å². The first kappa shape index (κ1) is 13.1. The minimum absolute atomic E-state index is 0.127. The van der Waals surface area contributed by atoms with Gasteiger partial charge in [0.2, 0.25) is 11.8 Å². The second kappa shape index (κ2) is 7.46. The Labute approximate surface area is 83.1 Å². The van der Waals surface area contributed by atoms with E-state index in [0.29, 0.717) is 12.8 Å². The Morgan fingerprint density at radius 3 is 1.93 bits per heavy atom. The van der Waals surface area contributed by atoms with Crippen LogP contribution in [0.3, 0.4) is 0 Å². The Balaban J connectivity index is 0.000000292. The van der Waals surface area contributed by atoms with E-state index in [1.165, 1.54) is 6.92 Å². The highest BCUT2D eigenvalue weighted by Gasteiger charge is 2.11. The van der Waals surface area contributed by atoms with Crippen molar-refractivity contribution in [3.63, 3.8) is 0 Å². The summed E-state index contributed by atoms with van der Waals surface area (Å²) in [6.07, 6.45) is 2.14. The van der Waals surface area contributed by atoms with Gasteiger partial charge in [-0.2, -0.15) is 0 Å². The zero-order valence-electron chi connectivity index (χ0n) is 8.32. The van der Waals surface area contributed by atoms with E-state index < -0.39 is 6.10 Å². The lowest BCUT2D eigenvalue weighted by atomic mass is 10.2.